The zero-order chi connectivity index (χ0) is 25.1. The van der Waals surface area contributed by atoms with Gasteiger partial charge in [0.05, 0.1) is 50.3 Å². The molecule has 0 radical (unpaired) electrons. The SMILES string of the molecule is COCCNc1cc(Cc2ccc(P3(=O)CCN(C4COC4)CC3)cc2OC)nc2c1C(C#N)=CC2. The third kappa shape index (κ3) is 4.94. The summed E-state index contributed by atoms with van der Waals surface area (Å²) in [6.07, 6.45) is 4.55. The average molecular weight is 509 g/mol. The van der Waals surface area contributed by atoms with Crippen molar-refractivity contribution in [2.75, 3.05) is 71.3 Å². The van der Waals surface area contributed by atoms with Crippen molar-refractivity contribution in [2.45, 2.75) is 18.9 Å². The summed E-state index contributed by atoms with van der Waals surface area (Å²) in [6, 6.07) is 10.8. The first-order valence-corrected chi connectivity index (χ1v) is 14.6. The van der Waals surface area contributed by atoms with Crippen molar-refractivity contribution < 1.29 is 18.8 Å². The van der Waals surface area contributed by atoms with Crippen LogP contribution in [0.15, 0.2) is 30.3 Å². The van der Waals surface area contributed by atoms with Crippen LogP contribution in [0.4, 0.5) is 5.69 Å². The molecule has 36 heavy (non-hydrogen) atoms. The Labute approximate surface area is 212 Å². The monoisotopic (exact) mass is 508 g/mol. The van der Waals surface area contributed by atoms with Gasteiger partial charge in [0.25, 0.3) is 0 Å². The largest absolute Gasteiger partial charge is 0.496 e. The minimum atomic E-state index is -2.45. The van der Waals surface area contributed by atoms with Crippen molar-refractivity contribution in [1.29, 1.82) is 5.26 Å². The van der Waals surface area contributed by atoms with E-state index in [1.54, 1.807) is 14.2 Å². The highest BCUT2D eigenvalue weighted by Gasteiger charge is 2.35. The third-order valence-electron chi connectivity index (χ3n) is 7.40. The zero-order valence-corrected chi connectivity index (χ0v) is 21.9. The normalized spacial score (nSPS) is 19.2. The number of nitrogens with one attached hydrogen (secondary N) is 1. The summed E-state index contributed by atoms with van der Waals surface area (Å²) in [5.74, 6) is 0.740. The van der Waals surface area contributed by atoms with Crippen LogP contribution in [-0.2, 0) is 26.9 Å². The lowest BCUT2D eigenvalue weighted by Crippen LogP contribution is -2.52. The number of fused-ring (bicyclic) bond motifs is 1. The van der Waals surface area contributed by atoms with Crippen LogP contribution >= 0.6 is 7.14 Å². The average Bonchev–Trinajstić information content (AvgIpc) is 3.28. The Bertz CT molecular complexity index is 1240. The fourth-order valence-electron chi connectivity index (χ4n) is 5.21. The molecule has 5 rings (SSSR count). The van der Waals surface area contributed by atoms with Gasteiger partial charge in [-0.2, -0.15) is 5.26 Å². The molecule has 1 aliphatic carbocycles. The maximum absolute atomic E-state index is 13.8. The van der Waals surface area contributed by atoms with Gasteiger partial charge in [-0.05, 0) is 12.1 Å². The molecule has 0 amide bonds. The van der Waals surface area contributed by atoms with Gasteiger partial charge in [-0.3, -0.25) is 9.88 Å². The summed E-state index contributed by atoms with van der Waals surface area (Å²) in [5.41, 5.74) is 5.26. The van der Waals surface area contributed by atoms with E-state index in [4.69, 9.17) is 19.2 Å². The number of anilines is 1. The van der Waals surface area contributed by atoms with Gasteiger partial charge in [0.15, 0.2) is 0 Å². The van der Waals surface area contributed by atoms with E-state index in [2.05, 4.69) is 16.3 Å². The van der Waals surface area contributed by atoms with E-state index in [9.17, 15) is 9.83 Å². The Balaban J connectivity index is 1.36. The molecule has 2 fully saturated rings. The summed E-state index contributed by atoms with van der Waals surface area (Å²) >= 11 is 0. The second kappa shape index (κ2) is 10.7. The minimum absolute atomic E-state index is 0.490. The molecule has 9 heteroatoms. The molecule has 1 N–H and O–H groups in total. The molecule has 1 aromatic heterocycles. The molecule has 0 spiro atoms. The number of pyridine rings is 1. The maximum atomic E-state index is 13.8. The highest BCUT2D eigenvalue weighted by atomic mass is 31.2. The highest BCUT2D eigenvalue weighted by Crippen LogP contribution is 2.47. The number of ether oxygens (including phenoxy) is 3. The first kappa shape index (κ1) is 25.0. The molecule has 0 unspecified atom stereocenters. The Hall–Kier alpha value is -2.69. The second-order valence-corrected chi connectivity index (χ2v) is 12.8. The summed E-state index contributed by atoms with van der Waals surface area (Å²) in [4.78, 5) is 7.29. The van der Waals surface area contributed by atoms with Crippen LogP contribution in [0.1, 0.15) is 22.5 Å². The summed E-state index contributed by atoms with van der Waals surface area (Å²) in [5, 5.41) is 13.9. The lowest BCUT2D eigenvalue weighted by atomic mass is 10.0. The van der Waals surface area contributed by atoms with E-state index >= 15 is 0 Å². The first-order chi connectivity index (χ1) is 17.5. The van der Waals surface area contributed by atoms with E-state index in [0.717, 1.165) is 65.6 Å². The number of hydrogen-bond donors (Lipinski definition) is 1. The number of rotatable bonds is 9. The Kier molecular flexibility index (Phi) is 7.45. The highest BCUT2D eigenvalue weighted by molar-refractivity contribution is 7.71. The lowest BCUT2D eigenvalue weighted by Gasteiger charge is -2.41. The van der Waals surface area contributed by atoms with Gasteiger partial charge in [-0.25, -0.2) is 0 Å². The van der Waals surface area contributed by atoms with Crippen molar-refractivity contribution in [3.05, 3.63) is 52.9 Å². The summed E-state index contributed by atoms with van der Waals surface area (Å²) < 4.78 is 30.1. The second-order valence-electron chi connectivity index (χ2n) is 9.57. The number of allylic oxidation sites excluding steroid dienone is 2. The van der Waals surface area contributed by atoms with Gasteiger partial charge >= 0.3 is 0 Å². The molecule has 0 atom stereocenters. The van der Waals surface area contributed by atoms with Crippen LogP contribution in [0.5, 0.6) is 5.75 Å². The summed E-state index contributed by atoms with van der Waals surface area (Å²) in [7, 11) is 0.875. The summed E-state index contributed by atoms with van der Waals surface area (Å²) in [6.45, 7) is 4.50. The molecule has 3 aliphatic rings. The third-order valence-corrected chi connectivity index (χ3v) is 10.5. The fourth-order valence-corrected chi connectivity index (χ4v) is 7.81. The van der Waals surface area contributed by atoms with Crippen molar-refractivity contribution in [1.82, 2.24) is 9.88 Å². The van der Waals surface area contributed by atoms with E-state index in [1.807, 2.05) is 30.3 Å². The van der Waals surface area contributed by atoms with E-state index in [1.165, 1.54) is 0 Å². The Morgan fingerprint density at radius 2 is 2.06 bits per heavy atom. The number of benzene rings is 1. The minimum Gasteiger partial charge on any atom is -0.496 e. The number of methoxy groups -OCH3 is 2. The molecule has 1 aromatic carbocycles. The quantitative estimate of drug-likeness (QED) is 0.408. The number of hydrogen-bond acceptors (Lipinski definition) is 8. The van der Waals surface area contributed by atoms with Crippen LogP contribution in [0.25, 0.3) is 5.57 Å². The molecule has 2 aliphatic heterocycles. The van der Waals surface area contributed by atoms with Crippen molar-refractivity contribution >= 4 is 23.7 Å². The molecule has 0 bridgehead atoms. The fraction of sp³-hybridized carbons (Fsp3) is 0.481. The predicted octanol–water partition coefficient (Wildman–Crippen LogP) is 2.91. The smallest absolute Gasteiger partial charge is 0.123 e. The van der Waals surface area contributed by atoms with Gasteiger partial charge in [0.1, 0.15) is 12.9 Å². The molecule has 190 valence electrons. The van der Waals surface area contributed by atoms with Crippen LogP contribution in [0.3, 0.4) is 0 Å². The van der Waals surface area contributed by atoms with Crippen molar-refractivity contribution in [3.8, 4) is 11.8 Å². The molecule has 2 aromatic rings. The number of aromatic nitrogens is 1. The standard InChI is InChI=1S/C27H33N4O4P/c1-33-10-7-29-25-14-21(30-24-6-4-20(16-28)27(24)25)13-19-3-5-23(15-26(19)34-2)36(32)11-8-31(9-12-36)22-17-35-18-22/h3-5,14-15,22H,6-13,17-18H2,1-2H3,(H,29,30). The molecule has 0 saturated carbocycles. The Morgan fingerprint density at radius 3 is 2.72 bits per heavy atom. The van der Waals surface area contributed by atoms with Crippen LogP contribution < -0.4 is 15.4 Å². The van der Waals surface area contributed by atoms with Crippen LogP contribution in [-0.4, -0.2) is 81.9 Å². The first-order valence-electron chi connectivity index (χ1n) is 12.5. The maximum Gasteiger partial charge on any atom is 0.123 e. The molecule has 3 heterocycles. The van der Waals surface area contributed by atoms with E-state index in [-0.39, 0.29) is 0 Å². The van der Waals surface area contributed by atoms with Crippen LogP contribution in [0.2, 0.25) is 0 Å². The van der Waals surface area contributed by atoms with Gasteiger partial charge < -0.3 is 24.1 Å². The van der Waals surface area contributed by atoms with Gasteiger partial charge in [0.2, 0.25) is 0 Å². The van der Waals surface area contributed by atoms with E-state index < -0.39 is 7.14 Å². The van der Waals surface area contributed by atoms with Gasteiger partial charge in [-0.15, -0.1) is 0 Å². The molecular formula is C27H33N4O4P. The Morgan fingerprint density at radius 1 is 1.25 bits per heavy atom. The predicted molar refractivity (Wildman–Crippen MR) is 141 cm³/mol. The number of nitriles is 1. The van der Waals surface area contributed by atoms with Crippen molar-refractivity contribution in [3.63, 3.8) is 0 Å². The van der Waals surface area contributed by atoms with Crippen LogP contribution in [0, 0.1) is 11.3 Å². The molecular weight excluding hydrogens is 475 g/mol. The lowest BCUT2D eigenvalue weighted by molar-refractivity contribution is -0.0620. The van der Waals surface area contributed by atoms with Gasteiger partial charge in [-0.1, -0.05) is 18.2 Å². The van der Waals surface area contributed by atoms with Crippen molar-refractivity contribution in [2.24, 2.45) is 0 Å². The zero-order valence-electron chi connectivity index (χ0n) is 21.0. The van der Waals surface area contributed by atoms with Gasteiger partial charge in [0, 0.05) is 79.7 Å². The molecule has 2 saturated heterocycles. The number of nitrogens with zero attached hydrogens (tertiary/aromatic N) is 3. The molecule has 8 nitrogen and oxygen atoms in total. The van der Waals surface area contributed by atoms with E-state index in [0.29, 0.717) is 49.9 Å². The topological polar surface area (TPSA) is 96.7 Å².